The molecule has 1 N–H and O–H groups in total. The summed E-state index contributed by atoms with van der Waals surface area (Å²) in [5, 5.41) is 3.89. The molecule has 0 heterocycles. The zero-order valence-electron chi connectivity index (χ0n) is 26.2. The number of hydrogen-bond acceptors (Lipinski definition) is 4. The van der Waals surface area contributed by atoms with Gasteiger partial charge in [-0.2, -0.15) is 0 Å². The van der Waals surface area contributed by atoms with Gasteiger partial charge in [-0.05, 0) is 73.4 Å². The zero-order valence-corrected chi connectivity index (χ0v) is 28.6. The van der Waals surface area contributed by atoms with Crippen molar-refractivity contribution in [1.82, 2.24) is 10.2 Å². The van der Waals surface area contributed by atoms with E-state index in [2.05, 4.69) is 5.32 Å². The Morgan fingerprint density at radius 3 is 2.15 bits per heavy atom. The summed E-state index contributed by atoms with van der Waals surface area (Å²) in [6, 6.07) is 26.9. The first-order chi connectivity index (χ1) is 22.0. The van der Waals surface area contributed by atoms with Crippen LogP contribution in [-0.4, -0.2) is 44.3 Å². The van der Waals surface area contributed by atoms with E-state index in [0.717, 1.165) is 39.4 Å². The van der Waals surface area contributed by atoms with Crippen molar-refractivity contribution in [2.75, 3.05) is 17.4 Å². The first kappa shape index (κ1) is 35.0. The summed E-state index contributed by atoms with van der Waals surface area (Å²) in [6.07, 6.45) is 1.91. The summed E-state index contributed by atoms with van der Waals surface area (Å²) < 4.78 is 29.4. The van der Waals surface area contributed by atoms with E-state index in [0.29, 0.717) is 16.6 Å². The molecule has 4 aromatic carbocycles. The Kier molecular flexibility index (Phi) is 12.3. The van der Waals surface area contributed by atoms with Crippen molar-refractivity contribution in [3.63, 3.8) is 0 Å². The molecule has 4 aromatic rings. The standard InChI is InChI=1S/C36H39Cl2N3O4S/c1-4-5-21-39-36(43)34(22-28-9-7-6-8-10-28)40(24-29-14-16-30(37)17-15-29)35(42)25-41(31-18-13-27(3)33(38)23-31)46(44,45)32-19-11-26(2)12-20-32/h6-20,23,34H,4-5,21-22,24-25H2,1-3H3,(H,39,43). The molecule has 0 fully saturated rings. The summed E-state index contributed by atoms with van der Waals surface area (Å²) in [5.41, 5.74) is 3.50. The number of nitrogens with zero attached hydrogens (tertiary/aromatic N) is 2. The van der Waals surface area contributed by atoms with Crippen LogP contribution in [0.4, 0.5) is 5.69 Å². The normalized spacial score (nSPS) is 11.9. The molecular formula is C36H39Cl2N3O4S. The number of unbranched alkanes of at least 4 members (excludes halogenated alkanes) is 1. The summed E-state index contributed by atoms with van der Waals surface area (Å²) in [4.78, 5) is 29.9. The third kappa shape index (κ3) is 9.12. The second-order valence-electron chi connectivity index (χ2n) is 11.3. The van der Waals surface area contributed by atoms with Gasteiger partial charge < -0.3 is 10.2 Å². The number of hydrogen-bond donors (Lipinski definition) is 1. The quantitative estimate of drug-likeness (QED) is 0.141. The fourth-order valence-electron chi connectivity index (χ4n) is 4.95. The number of sulfonamides is 1. The van der Waals surface area contributed by atoms with Gasteiger partial charge in [-0.3, -0.25) is 13.9 Å². The lowest BCUT2D eigenvalue weighted by atomic mass is 10.0. The van der Waals surface area contributed by atoms with E-state index in [9.17, 15) is 18.0 Å². The maximum Gasteiger partial charge on any atom is 0.264 e. The Labute approximate surface area is 282 Å². The molecule has 1 unspecified atom stereocenters. The van der Waals surface area contributed by atoms with Crippen LogP contribution in [0, 0.1) is 13.8 Å². The molecule has 7 nitrogen and oxygen atoms in total. The van der Waals surface area contributed by atoms with Gasteiger partial charge in [0.25, 0.3) is 10.0 Å². The number of benzene rings is 4. The summed E-state index contributed by atoms with van der Waals surface area (Å²) in [6.45, 7) is 5.67. The van der Waals surface area contributed by atoms with Crippen LogP contribution in [0.2, 0.25) is 10.0 Å². The average Bonchev–Trinajstić information content (AvgIpc) is 3.04. The molecule has 0 radical (unpaired) electrons. The molecule has 0 aliphatic rings. The first-order valence-electron chi connectivity index (χ1n) is 15.2. The summed E-state index contributed by atoms with van der Waals surface area (Å²) >= 11 is 12.6. The largest absolute Gasteiger partial charge is 0.354 e. The van der Waals surface area contributed by atoms with Crippen molar-refractivity contribution in [3.8, 4) is 0 Å². The maximum absolute atomic E-state index is 14.5. The monoisotopic (exact) mass is 679 g/mol. The van der Waals surface area contributed by atoms with Gasteiger partial charge in [0.2, 0.25) is 11.8 Å². The molecular weight excluding hydrogens is 641 g/mol. The van der Waals surface area contributed by atoms with E-state index < -0.39 is 28.5 Å². The lowest BCUT2D eigenvalue weighted by molar-refractivity contribution is -0.140. The van der Waals surface area contributed by atoms with Crippen LogP contribution in [0.25, 0.3) is 0 Å². The fourth-order valence-corrected chi connectivity index (χ4v) is 6.66. The average molecular weight is 681 g/mol. The Hall–Kier alpha value is -3.85. The molecule has 0 aromatic heterocycles. The number of carbonyl (C=O) groups is 2. The molecule has 1 atom stereocenters. The Morgan fingerprint density at radius 1 is 0.848 bits per heavy atom. The molecule has 0 saturated heterocycles. The third-order valence-electron chi connectivity index (χ3n) is 7.70. The van der Waals surface area contributed by atoms with Crippen molar-refractivity contribution < 1.29 is 18.0 Å². The van der Waals surface area contributed by atoms with Gasteiger partial charge >= 0.3 is 0 Å². The number of anilines is 1. The van der Waals surface area contributed by atoms with Crippen molar-refractivity contribution in [3.05, 3.63) is 129 Å². The van der Waals surface area contributed by atoms with E-state index in [1.807, 2.05) is 51.1 Å². The van der Waals surface area contributed by atoms with E-state index in [1.54, 1.807) is 54.6 Å². The topological polar surface area (TPSA) is 86.8 Å². The van der Waals surface area contributed by atoms with Crippen molar-refractivity contribution in [1.29, 1.82) is 0 Å². The van der Waals surface area contributed by atoms with Crippen LogP contribution in [-0.2, 0) is 32.6 Å². The second-order valence-corrected chi connectivity index (χ2v) is 14.0. The lowest BCUT2D eigenvalue weighted by Crippen LogP contribution is -2.53. The van der Waals surface area contributed by atoms with Crippen LogP contribution < -0.4 is 9.62 Å². The lowest BCUT2D eigenvalue weighted by Gasteiger charge is -2.34. The predicted octanol–water partition coefficient (Wildman–Crippen LogP) is 7.36. The molecule has 0 bridgehead atoms. The molecule has 242 valence electrons. The SMILES string of the molecule is CCCCNC(=O)C(Cc1ccccc1)N(Cc1ccc(Cl)cc1)C(=O)CN(c1ccc(C)c(Cl)c1)S(=O)(=O)c1ccc(C)cc1. The van der Waals surface area contributed by atoms with Gasteiger partial charge in [-0.25, -0.2) is 8.42 Å². The van der Waals surface area contributed by atoms with Gasteiger partial charge in [-0.1, -0.05) is 103 Å². The van der Waals surface area contributed by atoms with Gasteiger partial charge in [0.05, 0.1) is 10.6 Å². The molecule has 0 spiro atoms. The van der Waals surface area contributed by atoms with E-state index in [-0.39, 0.29) is 29.5 Å². The predicted molar refractivity (Wildman–Crippen MR) is 186 cm³/mol. The zero-order chi connectivity index (χ0) is 33.3. The molecule has 10 heteroatoms. The summed E-state index contributed by atoms with van der Waals surface area (Å²) in [7, 11) is -4.22. The Morgan fingerprint density at radius 2 is 1.52 bits per heavy atom. The highest BCUT2D eigenvalue weighted by atomic mass is 35.5. The molecule has 0 saturated carbocycles. The van der Waals surface area contributed by atoms with Crippen LogP contribution in [0.1, 0.15) is 42.0 Å². The third-order valence-corrected chi connectivity index (χ3v) is 10.1. The number of rotatable bonds is 14. The Balaban J connectivity index is 1.80. The highest BCUT2D eigenvalue weighted by Crippen LogP contribution is 2.29. The number of aryl methyl sites for hydroxylation is 2. The highest BCUT2D eigenvalue weighted by Gasteiger charge is 2.34. The number of nitrogens with one attached hydrogen (secondary N) is 1. The number of amides is 2. The number of carbonyl (C=O) groups excluding carboxylic acids is 2. The number of halogens is 2. The van der Waals surface area contributed by atoms with Crippen LogP contribution in [0.15, 0.2) is 102 Å². The second kappa shape index (κ2) is 16.1. The maximum atomic E-state index is 14.5. The van der Waals surface area contributed by atoms with Crippen LogP contribution in [0.5, 0.6) is 0 Å². The van der Waals surface area contributed by atoms with Crippen LogP contribution in [0.3, 0.4) is 0 Å². The van der Waals surface area contributed by atoms with Crippen LogP contribution >= 0.6 is 23.2 Å². The van der Waals surface area contributed by atoms with Gasteiger partial charge in [0, 0.05) is 29.6 Å². The first-order valence-corrected chi connectivity index (χ1v) is 17.4. The molecule has 2 amide bonds. The fraction of sp³-hybridized carbons (Fsp3) is 0.278. The van der Waals surface area contributed by atoms with Gasteiger partial charge in [-0.15, -0.1) is 0 Å². The smallest absolute Gasteiger partial charge is 0.264 e. The van der Waals surface area contributed by atoms with E-state index in [1.165, 1.54) is 17.0 Å². The molecule has 46 heavy (non-hydrogen) atoms. The molecule has 4 rings (SSSR count). The van der Waals surface area contributed by atoms with Gasteiger partial charge in [0.1, 0.15) is 12.6 Å². The minimum absolute atomic E-state index is 0.0324. The highest BCUT2D eigenvalue weighted by molar-refractivity contribution is 7.92. The van der Waals surface area contributed by atoms with Crippen molar-refractivity contribution >= 4 is 50.7 Å². The van der Waals surface area contributed by atoms with Gasteiger partial charge in [0.15, 0.2) is 0 Å². The van der Waals surface area contributed by atoms with Crippen molar-refractivity contribution in [2.45, 2.75) is 57.5 Å². The van der Waals surface area contributed by atoms with E-state index >= 15 is 0 Å². The summed E-state index contributed by atoms with van der Waals surface area (Å²) in [5.74, 6) is -0.861. The molecule has 0 aliphatic heterocycles. The Bertz CT molecular complexity index is 1730. The molecule has 0 aliphatic carbocycles. The van der Waals surface area contributed by atoms with E-state index in [4.69, 9.17) is 23.2 Å². The minimum Gasteiger partial charge on any atom is -0.354 e. The minimum atomic E-state index is -4.22. The van der Waals surface area contributed by atoms with Crippen molar-refractivity contribution in [2.24, 2.45) is 0 Å².